The predicted octanol–water partition coefficient (Wildman–Crippen LogP) is 2.19. The minimum Gasteiger partial charge on any atom is -0.355 e. The lowest BCUT2D eigenvalue weighted by Crippen LogP contribution is -2.48. The number of halogens is 1. The van der Waals surface area contributed by atoms with E-state index in [9.17, 15) is 9.59 Å². The van der Waals surface area contributed by atoms with E-state index in [-0.39, 0.29) is 23.9 Å². The number of amides is 2. The van der Waals surface area contributed by atoms with Crippen molar-refractivity contribution in [2.45, 2.75) is 32.7 Å². The van der Waals surface area contributed by atoms with E-state index in [0.29, 0.717) is 30.2 Å². The number of nitrogens with one attached hydrogen (secondary N) is 2. The number of carbonyl (C=O) groups is 2. The standard InChI is InChI=1S/C16H22ClN3O2/c1-11-5-4-6-12(17)15(11)19-14(22)10-20-8-7-18-13(21)9-16(20,2)3/h4-6H,7-10H2,1-3H3,(H,18,21)(H,19,22). The van der Waals surface area contributed by atoms with Crippen LogP contribution in [-0.2, 0) is 9.59 Å². The van der Waals surface area contributed by atoms with Crippen LogP contribution in [0.2, 0.25) is 5.02 Å². The average Bonchev–Trinajstić information content (AvgIpc) is 2.53. The van der Waals surface area contributed by atoms with Gasteiger partial charge in [0, 0.05) is 25.0 Å². The van der Waals surface area contributed by atoms with Crippen LogP contribution in [0.4, 0.5) is 5.69 Å². The fourth-order valence-electron chi connectivity index (χ4n) is 2.64. The normalized spacial score (nSPS) is 18.5. The minimum absolute atomic E-state index is 0.0230. The summed E-state index contributed by atoms with van der Waals surface area (Å²) in [4.78, 5) is 26.0. The minimum atomic E-state index is -0.354. The number of aryl methyl sites for hydroxylation is 1. The largest absolute Gasteiger partial charge is 0.355 e. The van der Waals surface area contributed by atoms with Crippen molar-refractivity contribution in [2.24, 2.45) is 0 Å². The number of benzene rings is 1. The first kappa shape index (κ1) is 16.8. The third-order valence-corrected chi connectivity index (χ3v) is 4.29. The molecule has 1 aromatic carbocycles. The zero-order valence-corrected chi connectivity index (χ0v) is 14.0. The highest BCUT2D eigenvalue weighted by molar-refractivity contribution is 6.33. The van der Waals surface area contributed by atoms with E-state index in [1.807, 2.05) is 37.8 Å². The SMILES string of the molecule is Cc1cccc(Cl)c1NC(=O)CN1CCNC(=O)CC1(C)C. The van der Waals surface area contributed by atoms with Gasteiger partial charge in [0.2, 0.25) is 11.8 Å². The molecule has 0 bridgehead atoms. The molecule has 120 valence electrons. The van der Waals surface area contributed by atoms with Crippen molar-refractivity contribution in [3.63, 3.8) is 0 Å². The summed E-state index contributed by atoms with van der Waals surface area (Å²) in [5.41, 5.74) is 1.22. The van der Waals surface area contributed by atoms with Gasteiger partial charge in [0.25, 0.3) is 0 Å². The van der Waals surface area contributed by atoms with Crippen molar-refractivity contribution in [1.82, 2.24) is 10.2 Å². The van der Waals surface area contributed by atoms with E-state index in [0.717, 1.165) is 5.56 Å². The van der Waals surface area contributed by atoms with Gasteiger partial charge in [-0.3, -0.25) is 14.5 Å². The lowest BCUT2D eigenvalue weighted by Gasteiger charge is -2.35. The van der Waals surface area contributed by atoms with Crippen LogP contribution in [-0.4, -0.2) is 41.9 Å². The van der Waals surface area contributed by atoms with Crippen molar-refractivity contribution in [2.75, 3.05) is 25.0 Å². The molecule has 6 heteroatoms. The van der Waals surface area contributed by atoms with Crippen LogP contribution in [0.25, 0.3) is 0 Å². The molecule has 2 rings (SSSR count). The summed E-state index contributed by atoms with van der Waals surface area (Å²) >= 11 is 6.13. The Morgan fingerprint density at radius 2 is 2.18 bits per heavy atom. The molecule has 0 spiro atoms. The Hall–Kier alpha value is -1.59. The van der Waals surface area contributed by atoms with Gasteiger partial charge in [-0.05, 0) is 32.4 Å². The van der Waals surface area contributed by atoms with Gasteiger partial charge in [-0.25, -0.2) is 0 Å². The van der Waals surface area contributed by atoms with E-state index < -0.39 is 0 Å². The van der Waals surface area contributed by atoms with E-state index in [2.05, 4.69) is 10.6 Å². The number of nitrogens with zero attached hydrogens (tertiary/aromatic N) is 1. The molecule has 0 saturated carbocycles. The lowest BCUT2D eigenvalue weighted by atomic mass is 9.98. The Morgan fingerprint density at radius 1 is 1.45 bits per heavy atom. The zero-order chi connectivity index (χ0) is 16.3. The molecule has 0 radical (unpaired) electrons. The summed E-state index contributed by atoms with van der Waals surface area (Å²) in [6, 6.07) is 5.51. The van der Waals surface area contributed by atoms with Crippen molar-refractivity contribution < 1.29 is 9.59 Å². The number of hydrogen-bond acceptors (Lipinski definition) is 3. The molecular weight excluding hydrogens is 302 g/mol. The van der Waals surface area contributed by atoms with Crippen LogP contribution < -0.4 is 10.6 Å². The molecule has 0 atom stereocenters. The first-order chi connectivity index (χ1) is 10.3. The van der Waals surface area contributed by atoms with Crippen LogP contribution in [0.1, 0.15) is 25.8 Å². The second kappa shape index (κ2) is 6.67. The topological polar surface area (TPSA) is 61.4 Å². The second-order valence-corrected chi connectivity index (χ2v) is 6.65. The summed E-state index contributed by atoms with van der Waals surface area (Å²) in [6.45, 7) is 7.29. The number of anilines is 1. The summed E-state index contributed by atoms with van der Waals surface area (Å²) < 4.78 is 0. The molecule has 5 nitrogen and oxygen atoms in total. The molecule has 1 heterocycles. The maximum Gasteiger partial charge on any atom is 0.238 e. The first-order valence-electron chi connectivity index (χ1n) is 7.36. The van der Waals surface area contributed by atoms with Gasteiger partial charge in [-0.15, -0.1) is 0 Å². The summed E-state index contributed by atoms with van der Waals surface area (Å²) in [5.74, 6) is -0.103. The third kappa shape index (κ3) is 3.99. The highest BCUT2D eigenvalue weighted by Gasteiger charge is 2.33. The molecule has 1 fully saturated rings. The number of hydrogen-bond donors (Lipinski definition) is 2. The van der Waals surface area contributed by atoms with Crippen LogP contribution in [0, 0.1) is 6.92 Å². The maximum absolute atomic E-state index is 12.3. The van der Waals surface area contributed by atoms with Gasteiger partial charge < -0.3 is 10.6 Å². The van der Waals surface area contributed by atoms with Gasteiger partial charge in [0.05, 0.1) is 17.3 Å². The molecule has 0 aromatic heterocycles. The molecule has 0 aliphatic carbocycles. The maximum atomic E-state index is 12.3. The molecule has 2 amide bonds. The van der Waals surface area contributed by atoms with E-state index >= 15 is 0 Å². The average molecular weight is 324 g/mol. The summed E-state index contributed by atoms with van der Waals surface area (Å²) in [7, 11) is 0. The molecule has 1 aliphatic heterocycles. The van der Waals surface area contributed by atoms with Gasteiger partial charge in [-0.2, -0.15) is 0 Å². The second-order valence-electron chi connectivity index (χ2n) is 6.24. The molecular formula is C16H22ClN3O2. The molecule has 22 heavy (non-hydrogen) atoms. The Bertz CT molecular complexity index is 567. The number of carbonyl (C=O) groups excluding carboxylic acids is 2. The molecule has 2 N–H and O–H groups in total. The van der Waals surface area contributed by atoms with Crippen molar-refractivity contribution in [3.8, 4) is 0 Å². The van der Waals surface area contributed by atoms with Gasteiger partial charge in [0.1, 0.15) is 0 Å². The highest BCUT2D eigenvalue weighted by atomic mass is 35.5. The Labute approximate surface area is 136 Å². The van der Waals surface area contributed by atoms with Crippen LogP contribution in [0.15, 0.2) is 18.2 Å². The smallest absolute Gasteiger partial charge is 0.238 e. The fraction of sp³-hybridized carbons (Fsp3) is 0.500. The Balaban J connectivity index is 2.06. The van der Waals surface area contributed by atoms with Crippen molar-refractivity contribution >= 4 is 29.1 Å². The van der Waals surface area contributed by atoms with Crippen LogP contribution >= 0.6 is 11.6 Å². The van der Waals surface area contributed by atoms with Gasteiger partial charge in [0.15, 0.2) is 0 Å². The van der Waals surface area contributed by atoms with Crippen LogP contribution in [0.5, 0.6) is 0 Å². The number of rotatable bonds is 3. The van der Waals surface area contributed by atoms with Gasteiger partial charge >= 0.3 is 0 Å². The lowest BCUT2D eigenvalue weighted by molar-refractivity contribution is -0.123. The molecule has 0 unspecified atom stereocenters. The third-order valence-electron chi connectivity index (χ3n) is 3.97. The molecule has 1 aliphatic rings. The Morgan fingerprint density at radius 3 is 2.86 bits per heavy atom. The van der Waals surface area contributed by atoms with Gasteiger partial charge in [-0.1, -0.05) is 23.7 Å². The van der Waals surface area contributed by atoms with Crippen molar-refractivity contribution in [3.05, 3.63) is 28.8 Å². The van der Waals surface area contributed by atoms with E-state index in [1.165, 1.54) is 0 Å². The summed E-state index contributed by atoms with van der Waals surface area (Å²) in [5, 5.41) is 6.24. The first-order valence-corrected chi connectivity index (χ1v) is 7.74. The fourth-order valence-corrected chi connectivity index (χ4v) is 2.90. The quantitative estimate of drug-likeness (QED) is 0.896. The van der Waals surface area contributed by atoms with Crippen molar-refractivity contribution in [1.29, 1.82) is 0 Å². The monoisotopic (exact) mass is 323 g/mol. The zero-order valence-electron chi connectivity index (χ0n) is 13.2. The molecule has 1 aromatic rings. The number of para-hydroxylation sites is 1. The van der Waals surface area contributed by atoms with E-state index in [1.54, 1.807) is 6.07 Å². The summed E-state index contributed by atoms with van der Waals surface area (Å²) in [6.07, 6.45) is 0.380. The Kier molecular flexibility index (Phi) is 5.08. The molecule has 1 saturated heterocycles. The van der Waals surface area contributed by atoms with Crippen LogP contribution in [0.3, 0.4) is 0 Å². The predicted molar refractivity (Wildman–Crippen MR) is 88.1 cm³/mol. The highest BCUT2D eigenvalue weighted by Crippen LogP contribution is 2.26. The van der Waals surface area contributed by atoms with E-state index in [4.69, 9.17) is 11.6 Å².